The van der Waals surface area contributed by atoms with Gasteiger partial charge in [0, 0.05) is 30.2 Å². The van der Waals surface area contributed by atoms with Crippen LogP contribution < -0.4 is 0 Å². The Morgan fingerprint density at radius 3 is 3.00 bits per heavy atom. The van der Waals surface area contributed by atoms with Crippen molar-refractivity contribution in [2.45, 2.75) is 0 Å². The molecule has 0 saturated carbocycles. The summed E-state index contributed by atoms with van der Waals surface area (Å²) in [6.07, 6.45) is 4.97. The van der Waals surface area contributed by atoms with Gasteiger partial charge in [0.1, 0.15) is 6.07 Å². The zero-order valence-corrected chi connectivity index (χ0v) is 7.31. The van der Waals surface area contributed by atoms with Crippen molar-refractivity contribution in [1.29, 1.82) is 5.26 Å². The van der Waals surface area contributed by atoms with Gasteiger partial charge in [0.25, 0.3) is 0 Å². The van der Waals surface area contributed by atoms with Gasteiger partial charge in [-0.05, 0) is 18.2 Å². The minimum Gasteiger partial charge on any atom is -0.264 e. The van der Waals surface area contributed by atoms with E-state index in [0.717, 1.165) is 5.56 Å². The molecular weight excluding hydrogens is 174 g/mol. The molecule has 0 atom stereocenters. The Kier molecular flexibility index (Phi) is 2.20. The van der Waals surface area contributed by atoms with E-state index >= 15 is 0 Å². The molecule has 2 rings (SSSR count). The third-order valence-electron chi connectivity index (χ3n) is 1.79. The fourth-order valence-corrected chi connectivity index (χ4v) is 1.17. The number of hydrogen-bond donors (Lipinski definition) is 0. The monoisotopic (exact) mass is 180 g/mol. The number of nitriles is 1. The fourth-order valence-electron chi connectivity index (χ4n) is 1.17. The van der Waals surface area contributed by atoms with E-state index in [1.54, 1.807) is 24.7 Å². The van der Waals surface area contributed by atoms with Crippen LogP contribution in [0.2, 0.25) is 0 Å². The summed E-state index contributed by atoms with van der Waals surface area (Å²) in [5, 5.41) is 8.84. The third kappa shape index (κ3) is 1.46. The third-order valence-corrected chi connectivity index (χ3v) is 1.79. The standard InChI is InChI=1S/C11H6N3/c12-7-9-3-2-6-14-11(9)10-4-1-5-13-8-10/h1-2,4-6,8H. The summed E-state index contributed by atoms with van der Waals surface area (Å²) < 4.78 is 0. The Morgan fingerprint density at radius 1 is 1.36 bits per heavy atom. The maximum Gasteiger partial charge on any atom is 0.102 e. The maximum atomic E-state index is 8.84. The number of nitrogens with zero attached hydrogens (tertiary/aromatic N) is 3. The molecule has 0 N–H and O–H groups in total. The van der Waals surface area contributed by atoms with Crippen LogP contribution in [-0.2, 0) is 0 Å². The van der Waals surface area contributed by atoms with Gasteiger partial charge in [-0.25, -0.2) is 0 Å². The number of pyridine rings is 2. The zero-order valence-electron chi connectivity index (χ0n) is 7.31. The molecule has 65 valence electrons. The van der Waals surface area contributed by atoms with Crippen molar-refractivity contribution in [2.24, 2.45) is 0 Å². The van der Waals surface area contributed by atoms with E-state index in [2.05, 4.69) is 16.0 Å². The molecule has 2 aromatic heterocycles. The van der Waals surface area contributed by atoms with Crippen LogP contribution in [0.3, 0.4) is 0 Å². The van der Waals surface area contributed by atoms with Gasteiger partial charge < -0.3 is 0 Å². The average Bonchev–Trinajstić information content (AvgIpc) is 2.30. The molecule has 0 aromatic carbocycles. The minimum absolute atomic E-state index is 0.445. The van der Waals surface area contributed by atoms with Crippen LogP contribution in [0, 0.1) is 17.4 Å². The van der Waals surface area contributed by atoms with E-state index in [0.29, 0.717) is 11.3 Å². The normalized spacial score (nSPS) is 9.36. The van der Waals surface area contributed by atoms with Crippen LogP contribution in [0.4, 0.5) is 0 Å². The first-order valence-electron chi connectivity index (χ1n) is 4.09. The Balaban J connectivity index is 2.58. The molecule has 0 aliphatic carbocycles. The van der Waals surface area contributed by atoms with Crippen LogP contribution >= 0.6 is 0 Å². The predicted molar refractivity (Wildman–Crippen MR) is 51.0 cm³/mol. The summed E-state index contributed by atoms with van der Waals surface area (Å²) in [6.45, 7) is 0. The number of hydrogen-bond acceptors (Lipinski definition) is 3. The molecule has 0 bridgehead atoms. The lowest BCUT2D eigenvalue weighted by Gasteiger charge is -2.00. The largest absolute Gasteiger partial charge is 0.264 e. The molecule has 2 aromatic rings. The fraction of sp³-hybridized carbons (Fsp3) is 0. The molecule has 1 radical (unpaired) electrons. The van der Waals surface area contributed by atoms with E-state index in [4.69, 9.17) is 5.26 Å². The van der Waals surface area contributed by atoms with Crippen LogP contribution in [0.25, 0.3) is 11.3 Å². The molecule has 0 fully saturated rings. The van der Waals surface area contributed by atoms with E-state index in [1.165, 1.54) is 0 Å². The molecule has 0 aliphatic heterocycles. The van der Waals surface area contributed by atoms with Gasteiger partial charge in [0.2, 0.25) is 0 Å². The molecule has 0 spiro atoms. The van der Waals surface area contributed by atoms with Crippen molar-refractivity contribution in [3.63, 3.8) is 0 Å². The number of rotatable bonds is 1. The van der Waals surface area contributed by atoms with Crippen molar-refractivity contribution >= 4 is 0 Å². The van der Waals surface area contributed by atoms with Crippen molar-refractivity contribution in [3.8, 4) is 17.3 Å². The van der Waals surface area contributed by atoms with Gasteiger partial charge in [0.05, 0.1) is 11.3 Å². The van der Waals surface area contributed by atoms with Gasteiger partial charge in [-0.1, -0.05) is 0 Å². The molecule has 14 heavy (non-hydrogen) atoms. The molecule has 0 unspecified atom stereocenters. The van der Waals surface area contributed by atoms with Gasteiger partial charge in [-0.3, -0.25) is 9.97 Å². The van der Waals surface area contributed by atoms with E-state index in [-0.39, 0.29) is 0 Å². The van der Waals surface area contributed by atoms with Crippen LogP contribution in [0.1, 0.15) is 5.56 Å². The second kappa shape index (κ2) is 3.67. The van der Waals surface area contributed by atoms with Gasteiger partial charge >= 0.3 is 0 Å². The molecule has 0 aliphatic rings. The Hall–Kier alpha value is -2.21. The Morgan fingerprint density at radius 2 is 2.29 bits per heavy atom. The lowest BCUT2D eigenvalue weighted by Crippen LogP contribution is -1.88. The molecule has 2 heterocycles. The zero-order chi connectivity index (χ0) is 9.80. The Labute approximate surface area is 81.7 Å². The van der Waals surface area contributed by atoms with Crippen molar-refractivity contribution in [1.82, 2.24) is 9.97 Å². The van der Waals surface area contributed by atoms with Crippen molar-refractivity contribution in [2.75, 3.05) is 0 Å². The highest BCUT2D eigenvalue weighted by molar-refractivity contribution is 5.64. The second-order valence-electron chi connectivity index (χ2n) is 2.67. The first-order valence-corrected chi connectivity index (χ1v) is 4.09. The van der Waals surface area contributed by atoms with E-state index in [9.17, 15) is 0 Å². The smallest absolute Gasteiger partial charge is 0.102 e. The minimum atomic E-state index is 0.445. The lowest BCUT2D eigenvalue weighted by atomic mass is 10.1. The summed E-state index contributed by atoms with van der Waals surface area (Å²) in [6, 6.07) is 10.2. The highest BCUT2D eigenvalue weighted by atomic mass is 14.7. The molecule has 3 nitrogen and oxygen atoms in total. The first kappa shape index (κ1) is 8.39. The summed E-state index contributed by atoms with van der Waals surface area (Å²) in [4.78, 5) is 8.10. The van der Waals surface area contributed by atoms with Gasteiger partial charge in [-0.15, -0.1) is 0 Å². The van der Waals surface area contributed by atoms with E-state index in [1.807, 2.05) is 18.2 Å². The van der Waals surface area contributed by atoms with Crippen LogP contribution in [0.15, 0.2) is 36.8 Å². The summed E-state index contributed by atoms with van der Waals surface area (Å²) >= 11 is 0. The molecule has 3 heteroatoms. The Bertz CT molecular complexity index is 471. The van der Waals surface area contributed by atoms with Gasteiger partial charge in [-0.2, -0.15) is 5.26 Å². The topological polar surface area (TPSA) is 49.6 Å². The highest BCUT2D eigenvalue weighted by Gasteiger charge is 2.04. The second-order valence-corrected chi connectivity index (χ2v) is 2.67. The average molecular weight is 180 g/mol. The van der Waals surface area contributed by atoms with Gasteiger partial charge in [0.15, 0.2) is 0 Å². The summed E-state index contributed by atoms with van der Waals surface area (Å²) in [5.74, 6) is 0. The number of aromatic nitrogens is 2. The summed E-state index contributed by atoms with van der Waals surface area (Å²) in [7, 11) is 0. The molecular formula is C11H6N3. The molecule has 0 amide bonds. The van der Waals surface area contributed by atoms with Crippen LogP contribution in [0.5, 0.6) is 0 Å². The highest BCUT2D eigenvalue weighted by Crippen LogP contribution is 2.18. The van der Waals surface area contributed by atoms with E-state index < -0.39 is 0 Å². The quantitative estimate of drug-likeness (QED) is 0.672. The van der Waals surface area contributed by atoms with Crippen molar-refractivity contribution in [3.05, 3.63) is 48.4 Å². The van der Waals surface area contributed by atoms with Crippen LogP contribution in [-0.4, -0.2) is 9.97 Å². The van der Waals surface area contributed by atoms with Crippen molar-refractivity contribution < 1.29 is 0 Å². The summed E-state index contributed by atoms with van der Waals surface area (Å²) in [5.41, 5.74) is 1.91. The SMILES string of the molecule is N#Cc1[c]ccnc1-c1cccnc1. The predicted octanol–water partition coefficient (Wildman–Crippen LogP) is 1.82. The molecule has 0 saturated heterocycles. The lowest BCUT2D eigenvalue weighted by molar-refractivity contribution is 1.26. The maximum absolute atomic E-state index is 8.84. The first-order chi connectivity index (χ1) is 6.92.